The Labute approximate surface area is 206 Å². The molecule has 0 aliphatic carbocycles. The van der Waals surface area contributed by atoms with Gasteiger partial charge in [-0.15, -0.1) is 0 Å². The zero-order valence-corrected chi connectivity index (χ0v) is 20.1. The number of carbonyl (C=O) groups is 2. The maximum absolute atomic E-state index is 14.6. The van der Waals surface area contributed by atoms with E-state index in [1.54, 1.807) is 6.20 Å². The number of nitrogens with one attached hydrogen (secondary N) is 1. The number of likely N-dealkylation sites (N-methyl/N-ethyl adjacent to an activating group) is 1. The summed E-state index contributed by atoms with van der Waals surface area (Å²) < 4.78 is 20.1. The number of aromatic nitrogens is 3. The standard InChI is InChI=1S/C22H17BrFN5O4S/c1-29-20(31)16(34-22(29)32)7-13-6-15(19(30)18(24)17(13)23)33-11-12-8-26-21(27-9-12)28-10-14-4-2-3-5-25-14/h2-9,30H,10-11H2,1H3,(H,26,27,28)/b16-7-. The van der Waals surface area contributed by atoms with Crippen molar-refractivity contribution in [1.29, 1.82) is 0 Å². The van der Waals surface area contributed by atoms with Crippen molar-refractivity contribution in [3.8, 4) is 11.5 Å². The lowest BCUT2D eigenvalue weighted by Crippen LogP contribution is -2.22. The number of hydrogen-bond donors (Lipinski definition) is 2. The lowest BCUT2D eigenvalue weighted by Gasteiger charge is -2.12. The number of pyridine rings is 1. The molecule has 34 heavy (non-hydrogen) atoms. The van der Waals surface area contributed by atoms with E-state index < -0.39 is 22.7 Å². The SMILES string of the molecule is CN1C(=O)S/C(=C\c2cc(OCc3cnc(NCc4ccccn4)nc3)c(O)c(F)c2Br)C1=O. The first-order valence-electron chi connectivity index (χ1n) is 9.83. The predicted octanol–water partition coefficient (Wildman–Crippen LogP) is 4.34. The Balaban J connectivity index is 1.45. The van der Waals surface area contributed by atoms with Gasteiger partial charge in [-0.05, 0) is 57.5 Å². The molecular formula is C22H17BrFN5O4S. The van der Waals surface area contributed by atoms with Gasteiger partial charge in [0.15, 0.2) is 17.3 Å². The number of carbonyl (C=O) groups excluding carboxylic acids is 2. The number of benzene rings is 1. The number of phenolic OH excluding ortho intramolecular Hbond substituents is 1. The molecule has 0 atom stereocenters. The van der Waals surface area contributed by atoms with Crippen LogP contribution in [-0.4, -0.2) is 43.2 Å². The van der Waals surface area contributed by atoms with Gasteiger partial charge >= 0.3 is 0 Å². The largest absolute Gasteiger partial charge is 0.502 e. The van der Waals surface area contributed by atoms with Crippen molar-refractivity contribution < 1.29 is 23.8 Å². The number of halogens is 2. The van der Waals surface area contributed by atoms with Crippen LogP contribution >= 0.6 is 27.7 Å². The fraction of sp³-hybridized carbons (Fsp3) is 0.136. The Kier molecular flexibility index (Phi) is 7.08. The number of amides is 2. The summed E-state index contributed by atoms with van der Waals surface area (Å²) >= 11 is 3.81. The molecule has 0 unspecified atom stereocenters. The van der Waals surface area contributed by atoms with Crippen LogP contribution in [0.25, 0.3) is 6.08 Å². The molecule has 1 aliphatic heterocycles. The highest BCUT2D eigenvalue weighted by Gasteiger charge is 2.32. The molecular weight excluding hydrogens is 529 g/mol. The summed E-state index contributed by atoms with van der Waals surface area (Å²) in [5.41, 5.74) is 1.65. The zero-order valence-electron chi connectivity index (χ0n) is 17.7. The number of anilines is 1. The van der Waals surface area contributed by atoms with Gasteiger partial charge in [0.25, 0.3) is 11.1 Å². The maximum atomic E-state index is 14.6. The van der Waals surface area contributed by atoms with Crippen molar-refractivity contribution in [2.75, 3.05) is 12.4 Å². The molecule has 2 amide bonds. The van der Waals surface area contributed by atoms with Gasteiger partial charge in [-0.25, -0.2) is 14.4 Å². The van der Waals surface area contributed by atoms with E-state index in [0.717, 1.165) is 22.4 Å². The van der Waals surface area contributed by atoms with E-state index in [-0.39, 0.29) is 27.3 Å². The number of hydrogen-bond acceptors (Lipinski definition) is 9. The minimum absolute atomic E-state index is 0.0416. The van der Waals surface area contributed by atoms with E-state index in [1.807, 2.05) is 18.2 Å². The van der Waals surface area contributed by atoms with E-state index in [2.05, 4.69) is 36.2 Å². The van der Waals surface area contributed by atoms with Crippen LogP contribution in [-0.2, 0) is 17.9 Å². The second-order valence-corrected chi connectivity index (χ2v) is 8.85. The lowest BCUT2D eigenvalue weighted by molar-refractivity contribution is -0.121. The summed E-state index contributed by atoms with van der Waals surface area (Å²) in [6.07, 6.45) is 6.14. The average Bonchev–Trinajstić information content (AvgIpc) is 3.10. The molecule has 9 nitrogen and oxygen atoms in total. The van der Waals surface area contributed by atoms with Gasteiger partial charge in [-0.1, -0.05) is 6.07 Å². The first-order chi connectivity index (χ1) is 16.3. The van der Waals surface area contributed by atoms with E-state index in [4.69, 9.17) is 4.74 Å². The number of nitrogens with zero attached hydrogens (tertiary/aromatic N) is 4. The fourth-order valence-corrected chi connectivity index (χ4v) is 4.10. The topological polar surface area (TPSA) is 118 Å². The molecule has 0 saturated carbocycles. The molecule has 2 N–H and O–H groups in total. The molecule has 3 heterocycles. The normalized spacial score (nSPS) is 14.7. The number of rotatable bonds is 7. The molecule has 1 fully saturated rings. The number of imide groups is 1. The van der Waals surface area contributed by atoms with Gasteiger partial charge in [-0.2, -0.15) is 0 Å². The Morgan fingerprint density at radius 2 is 2.03 bits per heavy atom. The van der Waals surface area contributed by atoms with Crippen molar-refractivity contribution in [2.45, 2.75) is 13.2 Å². The molecule has 0 radical (unpaired) electrons. The van der Waals surface area contributed by atoms with Crippen LogP contribution in [0.15, 0.2) is 52.2 Å². The third kappa shape index (κ3) is 5.18. The Morgan fingerprint density at radius 1 is 1.26 bits per heavy atom. The zero-order chi connectivity index (χ0) is 24.2. The number of ether oxygens (including phenoxy) is 1. The molecule has 0 bridgehead atoms. The van der Waals surface area contributed by atoms with Gasteiger partial charge in [0, 0.05) is 31.2 Å². The molecule has 3 aromatic rings. The number of phenols is 1. The van der Waals surface area contributed by atoms with Crippen LogP contribution in [0.1, 0.15) is 16.8 Å². The minimum atomic E-state index is -0.954. The first-order valence-corrected chi connectivity index (χ1v) is 11.4. The highest BCUT2D eigenvalue weighted by Crippen LogP contribution is 2.40. The van der Waals surface area contributed by atoms with Crippen LogP contribution in [0.4, 0.5) is 15.1 Å². The molecule has 4 rings (SSSR count). The number of aromatic hydroxyl groups is 1. The molecule has 0 spiro atoms. The van der Waals surface area contributed by atoms with Gasteiger partial charge in [-0.3, -0.25) is 19.5 Å². The third-order valence-electron chi connectivity index (χ3n) is 4.70. The molecule has 2 aromatic heterocycles. The third-order valence-corrected chi connectivity index (χ3v) is 6.47. The minimum Gasteiger partial charge on any atom is -0.502 e. The predicted molar refractivity (Wildman–Crippen MR) is 127 cm³/mol. The van der Waals surface area contributed by atoms with Crippen LogP contribution in [0.2, 0.25) is 0 Å². The second-order valence-electron chi connectivity index (χ2n) is 7.06. The molecule has 174 valence electrons. The van der Waals surface area contributed by atoms with E-state index in [9.17, 15) is 19.1 Å². The van der Waals surface area contributed by atoms with E-state index in [1.165, 1.54) is 31.6 Å². The summed E-state index contributed by atoms with van der Waals surface area (Å²) in [7, 11) is 1.36. The van der Waals surface area contributed by atoms with Crippen LogP contribution < -0.4 is 10.1 Å². The summed E-state index contributed by atoms with van der Waals surface area (Å²) in [5.74, 6) is -1.88. The second kappa shape index (κ2) is 10.2. The summed E-state index contributed by atoms with van der Waals surface area (Å²) in [5, 5.41) is 12.8. The molecule has 1 aliphatic rings. The Hall–Kier alpha value is -3.51. The molecule has 12 heteroatoms. The lowest BCUT2D eigenvalue weighted by atomic mass is 10.1. The fourth-order valence-electron chi connectivity index (χ4n) is 2.87. The summed E-state index contributed by atoms with van der Waals surface area (Å²) in [6.45, 7) is 0.420. The highest BCUT2D eigenvalue weighted by molar-refractivity contribution is 9.10. The quantitative estimate of drug-likeness (QED) is 0.418. The van der Waals surface area contributed by atoms with Crippen molar-refractivity contribution in [3.05, 3.63) is 74.9 Å². The Morgan fingerprint density at radius 3 is 2.68 bits per heavy atom. The smallest absolute Gasteiger partial charge is 0.293 e. The number of thioether (sulfide) groups is 1. The van der Waals surface area contributed by atoms with E-state index >= 15 is 0 Å². The highest BCUT2D eigenvalue weighted by atomic mass is 79.9. The average molecular weight is 546 g/mol. The van der Waals surface area contributed by atoms with Crippen LogP contribution in [0.3, 0.4) is 0 Å². The van der Waals surface area contributed by atoms with Crippen molar-refractivity contribution in [1.82, 2.24) is 19.9 Å². The van der Waals surface area contributed by atoms with Gasteiger partial charge in [0.05, 0.1) is 21.6 Å². The molecule has 1 saturated heterocycles. The molecule has 1 aromatic carbocycles. The monoisotopic (exact) mass is 545 g/mol. The van der Waals surface area contributed by atoms with Crippen molar-refractivity contribution in [3.63, 3.8) is 0 Å². The Bertz CT molecular complexity index is 1270. The first kappa shape index (κ1) is 23.6. The van der Waals surface area contributed by atoms with Crippen molar-refractivity contribution >= 4 is 50.9 Å². The van der Waals surface area contributed by atoms with Crippen LogP contribution in [0.5, 0.6) is 11.5 Å². The summed E-state index contributed by atoms with van der Waals surface area (Å²) in [4.78, 5) is 37.6. The van der Waals surface area contributed by atoms with E-state index in [0.29, 0.717) is 18.1 Å². The van der Waals surface area contributed by atoms with Gasteiger partial charge in [0.1, 0.15) is 6.61 Å². The van der Waals surface area contributed by atoms with Gasteiger partial charge in [0.2, 0.25) is 5.95 Å². The summed E-state index contributed by atoms with van der Waals surface area (Å²) in [6, 6.07) is 6.96. The maximum Gasteiger partial charge on any atom is 0.293 e. The van der Waals surface area contributed by atoms with Gasteiger partial charge < -0.3 is 15.2 Å². The van der Waals surface area contributed by atoms with Crippen molar-refractivity contribution in [2.24, 2.45) is 0 Å². The van der Waals surface area contributed by atoms with Crippen LogP contribution in [0, 0.1) is 5.82 Å².